The highest BCUT2D eigenvalue weighted by atomic mass is 32.7. The summed E-state index contributed by atoms with van der Waals surface area (Å²) in [5.74, 6) is -0.806. The summed E-state index contributed by atoms with van der Waals surface area (Å²) in [6.07, 6.45) is -25.7. The van der Waals surface area contributed by atoms with E-state index < -0.39 is 255 Å². The zero-order chi connectivity index (χ0) is 102. The van der Waals surface area contributed by atoms with Gasteiger partial charge in [-0.3, -0.25) is 112 Å². The number of nitrogen functional groups attached to an aromatic ring is 4. The number of aryl methyl sites for hydroxylation is 3. The van der Waals surface area contributed by atoms with Crippen LogP contribution in [-0.2, 0) is 134 Å². The highest BCUT2D eigenvalue weighted by Gasteiger charge is 2.58. The van der Waals surface area contributed by atoms with Gasteiger partial charge in [0.25, 0.3) is 22.2 Å². The van der Waals surface area contributed by atoms with Crippen LogP contribution in [0.4, 0.5) is 23.5 Å². The molecule has 15 heterocycles. The summed E-state index contributed by atoms with van der Waals surface area (Å²) in [6, 6.07) is 0. The number of thiol groups is 4. The van der Waals surface area contributed by atoms with Gasteiger partial charge in [0.15, 0.2) is 58.7 Å². The van der Waals surface area contributed by atoms with Crippen molar-refractivity contribution < 1.29 is 144 Å². The molecule has 142 heavy (non-hydrogen) atoms. The topological polar surface area (TPSA) is 767 Å². The fraction of sp³-hybridized carbons (Fsp3) is 0.630. The molecule has 9 aromatic rings. The number of hydrogen-bond acceptors (Lipinski definition) is 49. The summed E-state index contributed by atoms with van der Waals surface area (Å²) < 4.78 is 227. The fourth-order valence-electron chi connectivity index (χ4n) is 16.4. The number of nitrogens with two attached hydrogens (primary N) is 4. The van der Waals surface area contributed by atoms with Crippen LogP contribution >= 0.6 is 84.0 Å². The highest BCUT2D eigenvalue weighted by molar-refractivity contribution is 8.45. The first-order chi connectivity index (χ1) is 67.5. The fourth-order valence-corrected chi connectivity index (χ4v) is 23.4. The molecule has 69 heteroatoms. The van der Waals surface area contributed by atoms with E-state index >= 15 is 13.7 Å². The SMILES string of the molecule is CC[C@H]1O[C@@H](n2cnc3c(N)ncnc32)CC1OP(=O)(S)OC[C@H]1O[C@@H](n2cnc3c(=O)[nH]c(N)nc32)CC1OP(=O)(S)OC[C@H]1O[C@@H](n2cnc3c(=O)[nH]c(N)nc32)[C@@H](OCCOC)C1OP(=O)(O)OC[C@H]1O[C@@H](n2cc(C)c(=O)[nH]c2=O)[C@@H](OCCOC)C1OP(=O)(S)OC[C@H]1O[C@H](n2cc(C)c(N)nc2=O)[C@@H](OCCOC)C1OP(=O)(S)OC[C@H]1O[C@@H](n2cc(C)c(=O)[nH]c2=O)[C@@H](OCCOC)C1O. The number of hydrogen-bond donors (Lipinski definition) is 14. The van der Waals surface area contributed by atoms with Gasteiger partial charge < -0.3 is 99.3 Å². The maximum Gasteiger partial charge on any atom is 0.472 e. The van der Waals surface area contributed by atoms with Gasteiger partial charge in [-0.25, -0.2) is 62.1 Å². The van der Waals surface area contributed by atoms with Gasteiger partial charge in [0.1, 0.15) is 116 Å². The van der Waals surface area contributed by atoms with Crippen LogP contribution in [0.2, 0.25) is 0 Å². The molecular weight excluding hydrogens is 2080 g/mol. The number of nitrogens with zero attached hydrogens (tertiary/aromatic N) is 14. The van der Waals surface area contributed by atoms with E-state index in [0.717, 1.165) is 30.8 Å². The van der Waals surface area contributed by atoms with Crippen molar-refractivity contribution in [3.05, 3.63) is 133 Å². The molecule has 0 aliphatic carbocycles. The summed E-state index contributed by atoms with van der Waals surface area (Å²) in [4.78, 5) is 148. The number of fused-ring (bicyclic) bond motifs is 3. The largest absolute Gasteiger partial charge is 0.472 e. The highest BCUT2D eigenvalue weighted by Crippen LogP contribution is 2.63. The van der Waals surface area contributed by atoms with Crippen LogP contribution in [0.15, 0.2) is 77.5 Å². The third kappa shape index (κ3) is 24.9. The molecule has 0 radical (unpaired) electrons. The first-order valence-electron chi connectivity index (χ1n) is 43.2. The maximum absolute atomic E-state index is 15.5. The molecule has 0 amide bonds. The Labute approximate surface area is 821 Å². The monoisotopic (exact) mass is 2180 g/mol. The Hall–Kier alpha value is -7.80. The molecule has 15 rings (SSSR count). The lowest BCUT2D eigenvalue weighted by Crippen LogP contribution is -2.41. The van der Waals surface area contributed by atoms with E-state index in [9.17, 15) is 52.7 Å². The van der Waals surface area contributed by atoms with Crippen molar-refractivity contribution in [2.24, 2.45) is 0 Å². The Morgan fingerprint density at radius 1 is 0.401 bits per heavy atom. The molecular formula is C73H103N22O38P5S4. The van der Waals surface area contributed by atoms with Gasteiger partial charge in [-0.1, -0.05) is 55.9 Å². The predicted molar refractivity (Wildman–Crippen MR) is 500 cm³/mol. The Morgan fingerprint density at radius 2 is 0.782 bits per heavy atom. The third-order valence-corrected chi connectivity index (χ3v) is 30.6. The molecule has 6 fully saturated rings. The van der Waals surface area contributed by atoms with Crippen molar-refractivity contribution in [1.82, 2.24) is 87.2 Å². The number of methoxy groups -OCH3 is 4. The number of aromatic amines is 4. The number of rotatable bonds is 48. The second-order valence-corrected chi connectivity index (χ2v) is 45.5. The van der Waals surface area contributed by atoms with Crippen molar-refractivity contribution in [3.63, 3.8) is 0 Å². The molecule has 6 saturated heterocycles. The molecule has 6 aliphatic heterocycles. The molecule has 0 bridgehead atoms. The molecule has 11 unspecified atom stereocenters. The Morgan fingerprint density at radius 3 is 1.27 bits per heavy atom. The number of aliphatic hydroxyl groups is 1. The molecule has 6 aliphatic rings. The molecule has 14 N–H and O–H groups in total. The predicted octanol–water partition coefficient (Wildman–Crippen LogP) is 1.03. The van der Waals surface area contributed by atoms with Gasteiger partial charge in [-0.2, -0.15) is 15.0 Å². The van der Waals surface area contributed by atoms with E-state index in [1.54, 1.807) is 11.5 Å². The average molecular weight is 2180 g/mol. The summed E-state index contributed by atoms with van der Waals surface area (Å²) in [5.41, 5.74) is 18.0. The number of aromatic nitrogens is 18. The summed E-state index contributed by atoms with van der Waals surface area (Å²) in [5, 5.41) is 11.8. The molecule has 9 aromatic heterocycles. The van der Waals surface area contributed by atoms with Crippen LogP contribution in [0, 0.1) is 20.8 Å². The van der Waals surface area contributed by atoms with Crippen molar-refractivity contribution in [1.29, 1.82) is 0 Å². The molecule has 60 nitrogen and oxygen atoms in total. The van der Waals surface area contributed by atoms with Gasteiger partial charge in [0, 0.05) is 76.6 Å². The van der Waals surface area contributed by atoms with Crippen molar-refractivity contribution in [3.8, 4) is 0 Å². The summed E-state index contributed by atoms with van der Waals surface area (Å²) in [7, 11) is -0.570. The Balaban J connectivity index is 0.708. The van der Waals surface area contributed by atoms with Crippen molar-refractivity contribution >= 4 is 141 Å². The minimum absolute atomic E-state index is 0.00843. The van der Waals surface area contributed by atoms with Crippen LogP contribution in [0.1, 0.15) is 80.2 Å². The smallest absolute Gasteiger partial charge is 0.387 e. The summed E-state index contributed by atoms with van der Waals surface area (Å²) >= 11 is 17.5. The van der Waals surface area contributed by atoms with E-state index in [1.807, 2.05) is 0 Å². The van der Waals surface area contributed by atoms with E-state index in [-0.39, 0.29) is 116 Å². The van der Waals surface area contributed by atoms with E-state index in [2.05, 4.69) is 109 Å². The normalized spacial score (nSPS) is 29.1. The van der Waals surface area contributed by atoms with E-state index in [1.165, 1.54) is 85.2 Å². The first-order valence-corrected chi connectivity index (χ1v) is 55.5. The van der Waals surface area contributed by atoms with E-state index in [0.29, 0.717) is 17.6 Å². The second-order valence-electron chi connectivity index (χ2n) is 32.6. The van der Waals surface area contributed by atoms with Crippen molar-refractivity contribution in [2.75, 3.05) is 137 Å². The minimum Gasteiger partial charge on any atom is -0.387 e. The number of imidazole rings is 3. The first kappa shape index (κ1) is 108. The van der Waals surface area contributed by atoms with Crippen LogP contribution in [0.25, 0.3) is 33.5 Å². The van der Waals surface area contributed by atoms with Gasteiger partial charge in [0.05, 0.1) is 117 Å². The van der Waals surface area contributed by atoms with Crippen LogP contribution in [0.3, 0.4) is 0 Å². The number of phosphoric acid groups is 1. The lowest BCUT2D eigenvalue weighted by Gasteiger charge is -2.29. The van der Waals surface area contributed by atoms with E-state index in [4.69, 9.17) is 134 Å². The zero-order valence-electron chi connectivity index (χ0n) is 76.2. The lowest BCUT2D eigenvalue weighted by molar-refractivity contribution is -0.0839. The summed E-state index contributed by atoms with van der Waals surface area (Å²) in [6.45, 7) is -20.3. The third-order valence-electron chi connectivity index (χ3n) is 23.1. The number of nitrogens with one attached hydrogen (secondary N) is 4. The van der Waals surface area contributed by atoms with Crippen LogP contribution in [-0.4, -0.2) is 309 Å². The number of ether oxygens (including phenoxy) is 14. The molecule has 0 aromatic carbocycles. The van der Waals surface area contributed by atoms with Gasteiger partial charge in [-0.15, -0.1) is 0 Å². The average Bonchev–Trinajstić information content (AvgIpc) is 1.60. The Kier molecular flexibility index (Phi) is 35.0. The van der Waals surface area contributed by atoms with Gasteiger partial charge in [-0.05, 0) is 27.2 Å². The van der Waals surface area contributed by atoms with Crippen molar-refractivity contribution in [2.45, 2.75) is 182 Å². The molecule has 0 spiro atoms. The quantitative estimate of drug-likeness (QED) is 0.0144. The standard InChI is InChI=1S/C73H103N22O38P5S4/c1-9-35-36(18-43(123-35)93-29-80-45-57(75)78-28-79-58(45)93)129-135(106,139)119-23-38-37(19-44(124-38)94-30-81-46-59(94)84-69(76)86-63(46)99)130-136(107,140)121-26-41-49(53(115-15-11-111-6)68(128-41)95-31-82-47-60(95)85-70(77)87-64(47)100)131-134(104,105)118-25-40-50(54(116-16-12-112-7)67(126-40)92-22-34(4)62(98)89-73(92)103)132-138(109,142)122-27-42-51(55(117-17-13-113-8)66(127-42)90-20-32(2)56(74)83-71(90)101)133-137(108,141)120-24-39-48(96)52(114-14-10-110-5)65(125-39)91-21-33(3)61(97)88-72(91)102/h20-22,28-31,35-44,48-55,65-68,96H,9-19,23-27H2,1-8H3,(H,104,105)(H,106,139)(H,107,140)(H,108,141)(H,109,142)(H2,74,83,101)(H2,75,78,79)(H,88,97,102)(H,89,98,103)(H3,76,84,86,99)(H3,77,85,87,100)/t35-,36?,37?,38-,39-,40-,41-,42-,43-,44-,48?,49?,50?,51?,52+,53+,54+,55+,65-,66+,67-,68-,135?,136?,137?,138?/m1/s1. The molecule has 27 atom stereocenters. The van der Waals surface area contributed by atoms with Gasteiger partial charge in [0.2, 0.25) is 11.9 Å². The van der Waals surface area contributed by atoms with Crippen LogP contribution < -0.4 is 62.2 Å². The number of aliphatic hydroxyl groups excluding tert-OH is 1. The van der Waals surface area contributed by atoms with Gasteiger partial charge >= 0.3 is 52.1 Å². The maximum atomic E-state index is 15.5. The zero-order valence-corrected chi connectivity index (χ0v) is 84.3. The van der Waals surface area contributed by atoms with Crippen LogP contribution in [0.5, 0.6) is 0 Å². The Bertz CT molecular complexity index is 6720. The number of phosphoric ester groups is 1. The second kappa shape index (κ2) is 45.9. The number of anilines is 4. The molecule has 782 valence electrons. The lowest BCUT2D eigenvalue weighted by atomic mass is 10.1. The molecule has 0 saturated carbocycles. The minimum atomic E-state index is -5.90. The number of H-pyrrole nitrogens is 4.